The molecule has 1 aliphatic rings. The van der Waals surface area contributed by atoms with Gasteiger partial charge < -0.3 is 0 Å². The molecule has 0 N–H and O–H groups in total. The maximum atomic E-state index is 5.17. The lowest BCUT2D eigenvalue weighted by Gasteiger charge is -2.22. The van der Waals surface area contributed by atoms with Crippen molar-refractivity contribution >= 4 is 42.4 Å². The number of rotatable bonds is 5. The molecule has 0 aliphatic heterocycles. The average molecular weight is 734 g/mol. The Morgan fingerprint density at radius 3 is 1.86 bits per heavy atom. The summed E-state index contributed by atoms with van der Waals surface area (Å²) >= 11 is 1.83. The summed E-state index contributed by atoms with van der Waals surface area (Å²) in [4.78, 5) is 15.5. The van der Waals surface area contributed by atoms with E-state index in [9.17, 15) is 0 Å². The third-order valence-corrected chi connectivity index (χ3v) is 12.7. The molecule has 3 heterocycles. The summed E-state index contributed by atoms with van der Waals surface area (Å²) in [6.45, 7) is 4.65. The smallest absolute Gasteiger partial charge is 0.160 e. The molecule has 0 spiro atoms. The minimum Gasteiger partial charge on any atom is -0.246 e. The molecule has 0 saturated carbocycles. The van der Waals surface area contributed by atoms with Crippen LogP contribution in [-0.2, 0) is 5.41 Å². The van der Waals surface area contributed by atoms with Crippen molar-refractivity contribution < 1.29 is 0 Å². The van der Waals surface area contributed by atoms with Gasteiger partial charge in [-0.25, -0.2) is 15.0 Å². The lowest BCUT2D eigenvalue weighted by molar-refractivity contribution is 0.660. The Labute approximate surface area is 329 Å². The van der Waals surface area contributed by atoms with E-state index in [1.165, 1.54) is 53.4 Å². The zero-order valence-corrected chi connectivity index (χ0v) is 31.8. The number of pyridine rings is 1. The molecule has 0 atom stereocenters. The van der Waals surface area contributed by atoms with Crippen molar-refractivity contribution in [2.45, 2.75) is 19.3 Å². The molecule has 0 unspecified atom stereocenters. The summed E-state index contributed by atoms with van der Waals surface area (Å²) in [5.74, 6) is 0.719. The molecule has 0 saturated heterocycles. The lowest BCUT2D eigenvalue weighted by atomic mass is 9.82. The molecular weight excluding hydrogens is 699 g/mol. The summed E-state index contributed by atoms with van der Waals surface area (Å²) in [6.07, 6.45) is 0. The molecule has 3 aromatic heterocycles. The standard InChI is InChI=1S/C52H35N3S/c1-52(2)42-19-11-9-17-38(42)39-27-25-37(30-43(39)52)46-31-45(54-51(55-46)35-15-7-4-8-16-35)33-23-21-32(22-24-33)36-26-28-47-41(29-36)48-40-18-10-12-20-44(40)53-49(50(48)56-47)34-13-5-3-6-14-34/h3-31H,1-2H3. The Kier molecular flexibility index (Phi) is 7.38. The second-order valence-electron chi connectivity index (χ2n) is 15.2. The van der Waals surface area contributed by atoms with Gasteiger partial charge in [0.15, 0.2) is 5.82 Å². The highest BCUT2D eigenvalue weighted by molar-refractivity contribution is 7.26. The summed E-state index contributed by atoms with van der Waals surface area (Å²) in [6, 6.07) is 62.8. The molecule has 10 aromatic rings. The highest BCUT2D eigenvalue weighted by Crippen LogP contribution is 2.50. The van der Waals surface area contributed by atoms with Crippen LogP contribution in [0.3, 0.4) is 0 Å². The highest BCUT2D eigenvalue weighted by Gasteiger charge is 2.35. The number of fused-ring (bicyclic) bond motifs is 8. The summed E-state index contributed by atoms with van der Waals surface area (Å²) in [5.41, 5.74) is 15.7. The topological polar surface area (TPSA) is 38.7 Å². The van der Waals surface area contributed by atoms with Crippen LogP contribution in [0.2, 0.25) is 0 Å². The van der Waals surface area contributed by atoms with E-state index in [-0.39, 0.29) is 5.41 Å². The SMILES string of the molecule is CC1(C)c2ccccc2-c2ccc(-c3cc(-c4ccc(-c5ccc6sc7c(-c8ccccc8)nc8ccccc8c7c6c5)cc4)nc(-c4ccccc4)n3)cc21. The number of benzene rings is 7. The maximum absolute atomic E-state index is 5.17. The lowest BCUT2D eigenvalue weighted by Crippen LogP contribution is -2.14. The molecule has 7 aromatic carbocycles. The molecule has 0 fully saturated rings. The van der Waals surface area contributed by atoms with E-state index in [2.05, 4.69) is 172 Å². The minimum absolute atomic E-state index is 0.0949. The van der Waals surface area contributed by atoms with Crippen LogP contribution in [-0.4, -0.2) is 15.0 Å². The number of hydrogen-bond donors (Lipinski definition) is 0. The summed E-state index contributed by atoms with van der Waals surface area (Å²) in [5, 5.41) is 3.72. The summed E-state index contributed by atoms with van der Waals surface area (Å²) < 4.78 is 2.49. The van der Waals surface area contributed by atoms with Crippen LogP contribution in [0.4, 0.5) is 0 Å². The van der Waals surface area contributed by atoms with E-state index in [0.717, 1.165) is 56.2 Å². The van der Waals surface area contributed by atoms with E-state index >= 15 is 0 Å². The molecule has 1 aliphatic carbocycles. The zero-order chi connectivity index (χ0) is 37.4. The highest BCUT2D eigenvalue weighted by atomic mass is 32.1. The van der Waals surface area contributed by atoms with Gasteiger partial charge in [0.1, 0.15) is 0 Å². The molecular formula is C52H35N3S. The van der Waals surface area contributed by atoms with Gasteiger partial charge >= 0.3 is 0 Å². The summed E-state index contributed by atoms with van der Waals surface area (Å²) in [7, 11) is 0. The number of thiophene rings is 1. The Bertz CT molecular complexity index is 3140. The Hall–Kier alpha value is -6.75. The molecule has 11 rings (SSSR count). The van der Waals surface area contributed by atoms with E-state index in [1.54, 1.807) is 0 Å². The molecule has 56 heavy (non-hydrogen) atoms. The first-order valence-electron chi connectivity index (χ1n) is 19.1. The third kappa shape index (κ3) is 5.21. The first-order chi connectivity index (χ1) is 27.5. The van der Waals surface area contributed by atoms with Crippen LogP contribution < -0.4 is 0 Å². The predicted molar refractivity (Wildman–Crippen MR) is 235 cm³/mol. The molecule has 3 nitrogen and oxygen atoms in total. The van der Waals surface area contributed by atoms with Crippen molar-refractivity contribution in [3.63, 3.8) is 0 Å². The van der Waals surface area contributed by atoms with Crippen LogP contribution in [0.25, 0.3) is 98.5 Å². The molecule has 0 amide bonds. The van der Waals surface area contributed by atoms with Crippen molar-refractivity contribution in [1.82, 2.24) is 15.0 Å². The van der Waals surface area contributed by atoms with E-state index in [1.807, 2.05) is 29.5 Å². The third-order valence-electron chi connectivity index (χ3n) is 11.5. The second-order valence-corrected chi connectivity index (χ2v) is 16.2. The predicted octanol–water partition coefficient (Wildman–Crippen LogP) is 14.0. The Morgan fingerprint density at radius 2 is 1.05 bits per heavy atom. The quantitative estimate of drug-likeness (QED) is 0.177. The van der Waals surface area contributed by atoms with Gasteiger partial charge in [-0.05, 0) is 63.7 Å². The number of nitrogens with zero attached hydrogens (tertiary/aromatic N) is 3. The van der Waals surface area contributed by atoms with Gasteiger partial charge in [0.05, 0.1) is 27.3 Å². The van der Waals surface area contributed by atoms with Crippen LogP contribution in [0.5, 0.6) is 0 Å². The van der Waals surface area contributed by atoms with Gasteiger partial charge in [0.2, 0.25) is 0 Å². The van der Waals surface area contributed by atoms with Crippen LogP contribution in [0.15, 0.2) is 176 Å². The maximum Gasteiger partial charge on any atom is 0.160 e. The first-order valence-corrected chi connectivity index (χ1v) is 19.9. The monoisotopic (exact) mass is 733 g/mol. The fourth-order valence-electron chi connectivity index (χ4n) is 8.61. The second kappa shape index (κ2) is 12.7. The molecule has 264 valence electrons. The Morgan fingerprint density at radius 1 is 0.429 bits per heavy atom. The van der Waals surface area contributed by atoms with Gasteiger partial charge in [-0.3, -0.25) is 0 Å². The van der Waals surface area contributed by atoms with Crippen molar-refractivity contribution in [2.24, 2.45) is 0 Å². The zero-order valence-electron chi connectivity index (χ0n) is 31.0. The number of hydrogen-bond acceptors (Lipinski definition) is 4. The van der Waals surface area contributed by atoms with Gasteiger partial charge in [-0.1, -0.05) is 159 Å². The number of aromatic nitrogens is 3. The first kappa shape index (κ1) is 32.7. The fraction of sp³-hybridized carbons (Fsp3) is 0.0577. The average Bonchev–Trinajstić information content (AvgIpc) is 3.76. The minimum atomic E-state index is -0.0949. The normalized spacial score (nSPS) is 13.0. The van der Waals surface area contributed by atoms with Gasteiger partial charge in [0.25, 0.3) is 0 Å². The van der Waals surface area contributed by atoms with E-state index < -0.39 is 0 Å². The van der Waals surface area contributed by atoms with Gasteiger partial charge in [-0.15, -0.1) is 11.3 Å². The van der Waals surface area contributed by atoms with Gasteiger partial charge in [0, 0.05) is 48.5 Å². The van der Waals surface area contributed by atoms with Crippen molar-refractivity contribution in [1.29, 1.82) is 0 Å². The largest absolute Gasteiger partial charge is 0.246 e. The molecule has 4 heteroatoms. The molecule has 0 bridgehead atoms. The van der Waals surface area contributed by atoms with Crippen LogP contribution in [0, 0.1) is 0 Å². The number of para-hydroxylation sites is 1. The van der Waals surface area contributed by atoms with Gasteiger partial charge in [-0.2, -0.15) is 0 Å². The van der Waals surface area contributed by atoms with Crippen LogP contribution >= 0.6 is 11.3 Å². The van der Waals surface area contributed by atoms with E-state index in [4.69, 9.17) is 15.0 Å². The van der Waals surface area contributed by atoms with Crippen molar-refractivity contribution in [3.05, 3.63) is 187 Å². The Balaban J connectivity index is 1.01. The van der Waals surface area contributed by atoms with E-state index in [0.29, 0.717) is 0 Å². The fourth-order valence-corrected chi connectivity index (χ4v) is 9.82. The van der Waals surface area contributed by atoms with Crippen molar-refractivity contribution in [3.8, 4) is 67.4 Å². The van der Waals surface area contributed by atoms with Crippen LogP contribution in [0.1, 0.15) is 25.0 Å². The molecule has 0 radical (unpaired) electrons. The van der Waals surface area contributed by atoms with Crippen molar-refractivity contribution in [2.75, 3.05) is 0 Å².